The van der Waals surface area contributed by atoms with Gasteiger partial charge in [-0.25, -0.2) is 0 Å². The Balaban J connectivity index is 2.01. The predicted molar refractivity (Wildman–Crippen MR) is 92.2 cm³/mol. The fraction of sp³-hybridized carbons (Fsp3) is 0.714. The van der Waals surface area contributed by atoms with Crippen LogP contribution in [0.15, 0.2) is 12.4 Å². The van der Waals surface area contributed by atoms with Crippen LogP contribution in [0.1, 0.15) is 12.8 Å². The quantitative estimate of drug-likeness (QED) is 0.518. The van der Waals surface area contributed by atoms with Crippen molar-refractivity contribution in [2.45, 2.75) is 37.4 Å². The van der Waals surface area contributed by atoms with Gasteiger partial charge in [0, 0.05) is 13.0 Å². The highest BCUT2D eigenvalue weighted by Crippen LogP contribution is 2.38. The van der Waals surface area contributed by atoms with Crippen LogP contribution in [0.4, 0.5) is 0 Å². The van der Waals surface area contributed by atoms with E-state index in [9.17, 15) is 10.2 Å². The second-order valence-electron chi connectivity index (χ2n) is 6.43. The van der Waals surface area contributed by atoms with Crippen LogP contribution < -0.4 is 5.32 Å². The SMILES string of the molecule is C=C1NC(=S)CCN1C1OC(CCP(=C)(C)C)[C@@H](O)[C@H]1O. The van der Waals surface area contributed by atoms with E-state index in [-0.39, 0.29) is 6.10 Å². The molecule has 0 radical (unpaired) electrons. The summed E-state index contributed by atoms with van der Waals surface area (Å²) in [6.45, 7) is 7.68. The van der Waals surface area contributed by atoms with Crippen LogP contribution in [0.25, 0.3) is 0 Å². The highest BCUT2D eigenvalue weighted by Gasteiger charge is 2.46. The highest BCUT2D eigenvalue weighted by molar-refractivity contribution is 7.80. The average molecular weight is 332 g/mol. The minimum atomic E-state index is -1.17. The highest BCUT2D eigenvalue weighted by atomic mass is 32.1. The van der Waals surface area contributed by atoms with E-state index in [0.717, 1.165) is 11.2 Å². The zero-order chi connectivity index (χ0) is 15.8. The van der Waals surface area contributed by atoms with Crippen molar-refractivity contribution in [3.05, 3.63) is 12.4 Å². The molecular weight excluding hydrogens is 307 g/mol. The van der Waals surface area contributed by atoms with Crippen LogP contribution in [0, 0.1) is 0 Å². The molecule has 2 heterocycles. The minimum Gasteiger partial charge on any atom is -0.388 e. The molecule has 0 aromatic rings. The van der Waals surface area contributed by atoms with E-state index in [1.165, 1.54) is 0 Å². The molecular formula is C14H25N2O3PS. The number of nitrogens with one attached hydrogen (secondary N) is 1. The fourth-order valence-electron chi connectivity index (χ4n) is 2.64. The fourth-order valence-corrected chi connectivity index (χ4v) is 3.80. The van der Waals surface area contributed by atoms with E-state index in [1.807, 2.05) is 4.90 Å². The van der Waals surface area contributed by atoms with Crippen LogP contribution in [-0.2, 0) is 4.74 Å². The Morgan fingerprint density at radius 3 is 2.67 bits per heavy atom. The molecule has 7 heteroatoms. The molecule has 0 aliphatic carbocycles. The molecule has 2 saturated heterocycles. The van der Waals surface area contributed by atoms with Crippen LogP contribution in [0.2, 0.25) is 0 Å². The first kappa shape index (κ1) is 17.0. The maximum atomic E-state index is 10.3. The molecule has 0 saturated carbocycles. The van der Waals surface area contributed by atoms with E-state index in [4.69, 9.17) is 17.0 Å². The van der Waals surface area contributed by atoms with Crippen molar-refractivity contribution in [1.82, 2.24) is 10.2 Å². The molecule has 0 amide bonds. The Hall–Kier alpha value is -0.390. The molecule has 4 atom stereocenters. The van der Waals surface area contributed by atoms with Gasteiger partial charge in [0.2, 0.25) is 0 Å². The van der Waals surface area contributed by atoms with Crippen molar-refractivity contribution in [1.29, 1.82) is 0 Å². The maximum absolute atomic E-state index is 10.3. The van der Waals surface area contributed by atoms with Gasteiger partial charge in [0.15, 0.2) is 6.23 Å². The van der Waals surface area contributed by atoms with Gasteiger partial charge in [0.25, 0.3) is 0 Å². The van der Waals surface area contributed by atoms with E-state index in [1.54, 1.807) is 0 Å². The summed E-state index contributed by atoms with van der Waals surface area (Å²) in [6, 6.07) is 0. The number of hydrogen-bond acceptors (Lipinski definition) is 5. The van der Waals surface area contributed by atoms with Crippen LogP contribution in [0.5, 0.6) is 0 Å². The number of aliphatic hydroxyl groups excluding tert-OH is 2. The number of ether oxygens (including phenoxy) is 1. The van der Waals surface area contributed by atoms with Crippen molar-refractivity contribution in [3.8, 4) is 0 Å². The summed E-state index contributed by atoms with van der Waals surface area (Å²) in [5.41, 5.74) is 0. The molecule has 2 fully saturated rings. The van der Waals surface area contributed by atoms with Crippen molar-refractivity contribution >= 4 is 30.4 Å². The molecule has 2 aliphatic rings. The smallest absolute Gasteiger partial charge is 0.160 e. The van der Waals surface area contributed by atoms with E-state index in [0.29, 0.717) is 25.2 Å². The van der Waals surface area contributed by atoms with Crippen molar-refractivity contribution < 1.29 is 14.9 Å². The zero-order valence-electron chi connectivity index (χ0n) is 12.7. The third-order valence-corrected chi connectivity index (χ3v) is 5.65. The minimum absolute atomic E-state index is 0.354. The molecule has 21 heavy (non-hydrogen) atoms. The van der Waals surface area contributed by atoms with Gasteiger partial charge in [0.05, 0.1) is 11.1 Å². The normalized spacial score (nSPS) is 34.2. The molecule has 2 aliphatic heterocycles. The number of hydrogen-bond donors (Lipinski definition) is 3. The summed E-state index contributed by atoms with van der Waals surface area (Å²) >= 11 is 5.11. The molecule has 0 aromatic carbocycles. The van der Waals surface area contributed by atoms with Crippen molar-refractivity contribution in [2.75, 3.05) is 26.0 Å². The Morgan fingerprint density at radius 2 is 2.10 bits per heavy atom. The van der Waals surface area contributed by atoms with Gasteiger partial charge in [-0.3, -0.25) is 0 Å². The summed E-state index contributed by atoms with van der Waals surface area (Å²) in [7, 11) is 0. The van der Waals surface area contributed by atoms with Crippen molar-refractivity contribution in [2.24, 2.45) is 0 Å². The molecule has 2 unspecified atom stereocenters. The average Bonchev–Trinajstić information content (AvgIpc) is 2.64. The second-order valence-corrected chi connectivity index (χ2v) is 11.2. The third-order valence-electron chi connectivity index (χ3n) is 3.87. The Labute approximate surface area is 131 Å². The van der Waals surface area contributed by atoms with Crippen LogP contribution >= 0.6 is 19.1 Å². The van der Waals surface area contributed by atoms with E-state index in [2.05, 4.69) is 31.5 Å². The largest absolute Gasteiger partial charge is 0.388 e. The molecule has 5 nitrogen and oxygen atoms in total. The lowest BCUT2D eigenvalue weighted by molar-refractivity contribution is -0.0774. The number of aliphatic hydroxyl groups is 2. The van der Waals surface area contributed by atoms with Gasteiger partial charge < -0.3 is 25.2 Å². The standard InChI is InChI=1S/C14H25N2O3PS/c1-9-15-11(21)5-7-16(9)14-13(18)12(17)10(19-14)6-8-20(2,3)4/h10,12-14,17-18H,1-2,5-8H2,3-4H3,(H,15,21)/t10?,12-,13-,14?/m1/s1. The molecule has 3 N–H and O–H groups in total. The lowest BCUT2D eigenvalue weighted by Crippen LogP contribution is -2.51. The molecule has 120 valence electrons. The summed E-state index contributed by atoms with van der Waals surface area (Å²) in [6.07, 6.45) is 3.77. The van der Waals surface area contributed by atoms with E-state index < -0.39 is 25.3 Å². The summed E-state index contributed by atoms with van der Waals surface area (Å²) < 4.78 is 5.90. The van der Waals surface area contributed by atoms with Gasteiger partial charge in [-0.05, 0) is 25.9 Å². The third kappa shape index (κ3) is 4.08. The maximum Gasteiger partial charge on any atom is 0.160 e. The lowest BCUT2D eigenvalue weighted by Gasteiger charge is -2.37. The van der Waals surface area contributed by atoms with Crippen molar-refractivity contribution in [3.63, 3.8) is 0 Å². The molecule has 0 spiro atoms. The Bertz CT molecular complexity index is 479. The van der Waals surface area contributed by atoms with E-state index >= 15 is 0 Å². The first-order valence-electron chi connectivity index (χ1n) is 7.13. The number of thiocarbonyl (C=S) groups is 1. The summed E-state index contributed by atoms with van der Waals surface area (Å²) in [5, 5.41) is 23.5. The van der Waals surface area contributed by atoms with Gasteiger partial charge in [-0.15, -0.1) is 13.2 Å². The molecule has 0 aromatic heterocycles. The topological polar surface area (TPSA) is 65.0 Å². The first-order chi connectivity index (χ1) is 9.69. The Morgan fingerprint density at radius 1 is 1.43 bits per heavy atom. The summed E-state index contributed by atoms with van der Waals surface area (Å²) in [5.74, 6) is 0.619. The number of nitrogens with zero attached hydrogens (tertiary/aromatic N) is 1. The second kappa shape index (κ2) is 6.39. The molecule has 0 bridgehead atoms. The van der Waals surface area contributed by atoms with Gasteiger partial charge in [-0.1, -0.05) is 18.8 Å². The van der Waals surface area contributed by atoms with Crippen LogP contribution in [0.3, 0.4) is 0 Å². The zero-order valence-corrected chi connectivity index (χ0v) is 14.4. The summed E-state index contributed by atoms with van der Waals surface area (Å²) in [4.78, 5) is 2.58. The number of rotatable bonds is 4. The first-order valence-corrected chi connectivity index (χ1v) is 10.6. The van der Waals surface area contributed by atoms with Gasteiger partial charge in [0.1, 0.15) is 18.0 Å². The van der Waals surface area contributed by atoms with Crippen LogP contribution in [-0.4, -0.2) is 77.0 Å². The predicted octanol–water partition coefficient (Wildman–Crippen LogP) is 0.626. The monoisotopic (exact) mass is 332 g/mol. The molecule has 2 rings (SSSR count). The van der Waals surface area contributed by atoms with Gasteiger partial charge in [-0.2, -0.15) is 0 Å². The van der Waals surface area contributed by atoms with Gasteiger partial charge >= 0.3 is 0 Å². The lowest BCUT2D eigenvalue weighted by atomic mass is 10.1. The Kier molecular flexibility index (Phi) is 5.16.